The molecule has 166 valence electrons. The molecule has 1 saturated carbocycles. The molecule has 1 aliphatic carbocycles. The Morgan fingerprint density at radius 3 is 2.62 bits per heavy atom. The molecule has 0 spiro atoms. The summed E-state index contributed by atoms with van der Waals surface area (Å²) < 4.78 is 5.62. The monoisotopic (exact) mass is 430 g/mol. The number of hydrogen-bond donors (Lipinski definition) is 0. The summed E-state index contributed by atoms with van der Waals surface area (Å²) in [5.41, 5.74) is 2.05. The van der Waals surface area contributed by atoms with E-state index in [4.69, 9.17) is 9.51 Å². The first-order chi connectivity index (χ1) is 15.7. The lowest BCUT2D eigenvalue weighted by Gasteiger charge is -2.40. The lowest BCUT2D eigenvalue weighted by Crippen LogP contribution is -2.46. The van der Waals surface area contributed by atoms with Crippen molar-refractivity contribution in [3.63, 3.8) is 0 Å². The summed E-state index contributed by atoms with van der Waals surface area (Å²) in [7, 11) is 0. The molecule has 5 rings (SSSR count). The first-order valence-electron chi connectivity index (χ1n) is 11.8. The number of piperidine rings is 1. The van der Waals surface area contributed by atoms with Crippen LogP contribution in [0.4, 0.5) is 0 Å². The lowest BCUT2D eigenvalue weighted by molar-refractivity contribution is -0.133. The Balaban J connectivity index is 1.22. The Morgan fingerprint density at radius 2 is 1.91 bits per heavy atom. The number of aryl methyl sites for hydroxylation is 1. The Hall–Kier alpha value is -3.02. The Labute approximate surface area is 189 Å². The highest BCUT2D eigenvalue weighted by Gasteiger charge is 2.44. The van der Waals surface area contributed by atoms with Crippen molar-refractivity contribution in [1.82, 2.24) is 20.0 Å². The van der Waals surface area contributed by atoms with Crippen molar-refractivity contribution in [2.24, 2.45) is 5.92 Å². The fraction of sp³-hybridized carbons (Fsp3) is 0.462. The van der Waals surface area contributed by atoms with Gasteiger partial charge in [0.1, 0.15) is 0 Å². The minimum atomic E-state index is -0.0913. The van der Waals surface area contributed by atoms with Crippen molar-refractivity contribution in [1.29, 1.82) is 0 Å². The van der Waals surface area contributed by atoms with Crippen molar-refractivity contribution < 1.29 is 9.32 Å². The van der Waals surface area contributed by atoms with E-state index in [1.165, 1.54) is 18.4 Å². The summed E-state index contributed by atoms with van der Waals surface area (Å²) in [6.45, 7) is 1.54. The highest BCUT2D eigenvalue weighted by molar-refractivity contribution is 5.76. The molecule has 6 nitrogen and oxygen atoms in total. The van der Waals surface area contributed by atoms with Crippen LogP contribution < -0.4 is 0 Å². The third kappa shape index (κ3) is 4.74. The van der Waals surface area contributed by atoms with Crippen LogP contribution in [0.25, 0.3) is 11.5 Å². The van der Waals surface area contributed by atoms with Crippen LogP contribution in [0.5, 0.6) is 0 Å². The summed E-state index contributed by atoms with van der Waals surface area (Å²) in [6, 6.07) is 14.2. The fourth-order valence-corrected chi connectivity index (χ4v) is 4.87. The summed E-state index contributed by atoms with van der Waals surface area (Å²) >= 11 is 0. The number of benzene rings is 1. The Bertz CT molecular complexity index is 1020. The largest absolute Gasteiger partial charge is 0.343 e. The van der Waals surface area contributed by atoms with Crippen molar-refractivity contribution in [2.75, 3.05) is 13.1 Å². The molecule has 2 fully saturated rings. The molecule has 0 N–H and O–H groups in total. The van der Waals surface area contributed by atoms with Gasteiger partial charge in [-0.05, 0) is 55.7 Å². The normalized spacial score (nSPS) is 17.9. The van der Waals surface area contributed by atoms with Crippen molar-refractivity contribution in [3.8, 4) is 11.5 Å². The molecule has 3 heterocycles. The van der Waals surface area contributed by atoms with Gasteiger partial charge in [-0.25, -0.2) is 0 Å². The van der Waals surface area contributed by atoms with Crippen molar-refractivity contribution >= 4 is 5.91 Å². The van der Waals surface area contributed by atoms with E-state index in [2.05, 4.69) is 34.4 Å². The van der Waals surface area contributed by atoms with Crippen LogP contribution in [-0.4, -0.2) is 39.0 Å². The lowest BCUT2D eigenvalue weighted by atomic mass is 9.73. The number of aromatic nitrogens is 3. The van der Waals surface area contributed by atoms with E-state index in [0.717, 1.165) is 62.5 Å². The van der Waals surface area contributed by atoms with Crippen LogP contribution in [0.1, 0.15) is 56.3 Å². The Morgan fingerprint density at radius 1 is 1.09 bits per heavy atom. The summed E-state index contributed by atoms with van der Waals surface area (Å²) in [5.74, 6) is 2.36. The number of likely N-dealkylation sites (tertiary alicyclic amines) is 1. The molecule has 0 atom stereocenters. The first kappa shape index (κ1) is 20.9. The topological polar surface area (TPSA) is 72.1 Å². The summed E-state index contributed by atoms with van der Waals surface area (Å²) in [4.78, 5) is 23.8. The fourth-order valence-electron chi connectivity index (χ4n) is 4.87. The minimum absolute atomic E-state index is 0.0913. The molecule has 3 aromatic rings. The average Bonchev–Trinajstić information content (AvgIpc) is 3.50. The SMILES string of the molecule is O=C(CCCc1ccccc1)N1CCC(CC2CC2)(c2noc(-c3cccnc3)n2)CC1. The molecule has 1 saturated heterocycles. The third-order valence-electron chi connectivity index (χ3n) is 6.96. The van der Waals surface area contributed by atoms with E-state index >= 15 is 0 Å². The predicted octanol–water partition coefficient (Wildman–Crippen LogP) is 4.81. The maximum absolute atomic E-state index is 12.8. The zero-order valence-electron chi connectivity index (χ0n) is 18.4. The van der Waals surface area contributed by atoms with Crippen LogP contribution in [-0.2, 0) is 16.6 Å². The molecule has 0 radical (unpaired) electrons. The van der Waals surface area contributed by atoms with Crippen LogP contribution in [0.2, 0.25) is 0 Å². The second-order valence-electron chi connectivity index (χ2n) is 9.31. The molecular formula is C26H30N4O2. The Kier molecular flexibility index (Phi) is 6.02. The molecular weight excluding hydrogens is 400 g/mol. The van der Waals surface area contributed by atoms with E-state index in [1.54, 1.807) is 12.4 Å². The van der Waals surface area contributed by atoms with Gasteiger partial charge in [-0.15, -0.1) is 0 Å². The van der Waals surface area contributed by atoms with Gasteiger partial charge in [0.15, 0.2) is 5.82 Å². The van der Waals surface area contributed by atoms with Gasteiger partial charge in [0.25, 0.3) is 5.89 Å². The van der Waals surface area contributed by atoms with Gasteiger partial charge in [-0.3, -0.25) is 9.78 Å². The zero-order valence-corrected chi connectivity index (χ0v) is 18.4. The van der Waals surface area contributed by atoms with E-state index in [1.807, 2.05) is 23.1 Å². The summed E-state index contributed by atoms with van der Waals surface area (Å²) in [6.07, 6.45) is 11.4. The first-order valence-corrected chi connectivity index (χ1v) is 11.8. The van der Waals surface area contributed by atoms with Crippen LogP contribution >= 0.6 is 0 Å². The number of rotatable bonds is 8. The van der Waals surface area contributed by atoms with Crippen molar-refractivity contribution in [3.05, 3.63) is 66.2 Å². The van der Waals surface area contributed by atoms with Gasteiger partial charge in [-0.2, -0.15) is 4.98 Å². The average molecular weight is 431 g/mol. The molecule has 2 aliphatic rings. The molecule has 6 heteroatoms. The van der Waals surface area contributed by atoms with Gasteiger partial charge in [0.05, 0.1) is 5.56 Å². The van der Waals surface area contributed by atoms with Gasteiger partial charge < -0.3 is 9.42 Å². The molecule has 2 aromatic heterocycles. The minimum Gasteiger partial charge on any atom is -0.343 e. The van der Waals surface area contributed by atoms with E-state index < -0.39 is 0 Å². The number of hydrogen-bond acceptors (Lipinski definition) is 5. The molecule has 0 bridgehead atoms. The van der Waals surface area contributed by atoms with Gasteiger partial charge in [0, 0.05) is 37.3 Å². The maximum atomic E-state index is 12.8. The number of carbonyl (C=O) groups is 1. The van der Waals surface area contributed by atoms with Gasteiger partial charge in [-0.1, -0.05) is 48.3 Å². The highest BCUT2D eigenvalue weighted by atomic mass is 16.5. The molecule has 1 amide bonds. The van der Waals surface area contributed by atoms with Crippen molar-refractivity contribution in [2.45, 2.75) is 56.8 Å². The predicted molar refractivity (Wildman–Crippen MR) is 122 cm³/mol. The molecule has 1 aliphatic heterocycles. The second kappa shape index (κ2) is 9.23. The van der Waals surface area contributed by atoms with Gasteiger partial charge >= 0.3 is 0 Å². The van der Waals surface area contributed by atoms with Gasteiger partial charge in [0.2, 0.25) is 5.91 Å². The highest BCUT2D eigenvalue weighted by Crippen LogP contribution is 2.46. The smallest absolute Gasteiger partial charge is 0.259 e. The van der Waals surface area contributed by atoms with E-state index in [-0.39, 0.29) is 11.3 Å². The molecule has 32 heavy (non-hydrogen) atoms. The number of nitrogens with zero attached hydrogens (tertiary/aromatic N) is 4. The molecule has 1 aromatic carbocycles. The number of amides is 1. The summed E-state index contributed by atoms with van der Waals surface area (Å²) in [5, 5.41) is 4.40. The number of pyridine rings is 1. The quantitative estimate of drug-likeness (QED) is 0.513. The maximum Gasteiger partial charge on any atom is 0.259 e. The zero-order chi connectivity index (χ0) is 21.8. The van der Waals surface area contributed by atoms with Crippen LogP contribution in [0.15, 0.2) is 59.4 Å². The standard InChI is InChI=1S/C26H30N4O2/c31-23(10-4-8-20-6-2-1-3-7-20)30-16-13-26(14-17-30,18-21-11-12-21)25-28-24(32-29-25)22-9-5-15-27-19-22/h1-3,5-7,9,15,19,21H,4,8,10-14,16-18H2. The molecule has 0 unspecified atom stereocenters. The van der Waals surface area contributed by atoms with Crippen LogP contribution in [0.3, 0.4) is 0 Å². The third-order valence-corrected chi connectivity index (χ3v) is 6.96. The van der Waals surface area contributed by atoms with E-state index in [9.17, 15) is 4.79 Å². The van der Waals surface area contributed by atoms with E-state index in [0.29, 0.717) is 12.3 Å². The van der Waals surface area contributed by atoms with Crippen LogP contribution in [0, 0.1) is 5.92 Å². The number of carbonyl (C=O) groups excluding carboxylic acids is 1. The second-order valence-corrected chi connectivity index (χ2v) is 9.31.